The molecule has 0 saturated carbocycles. The number of amides is 2. The van der Waals surface area contributed by atoms with Crippen molar-refractivity contribution in [3.63, 3.8) is 0 Å². The number of carbonyl (C=O) groups is 2. The molecule has 1 aromatic heterocycles. The molecule has 9 heteroatoms. The SMILES string of the molecule is COC(=O)c1ccccc1NC(=O)Nc1nnc(N2C[C@@H](C)C[C@H](C)C2)s1. The van der Waals surface area contributed by atoms with Crippen LogP contribution in [0.1, 0.15) is 30.6 Å². The van der Waals surface area contributed by atoms with Crippen molar-refractivity contribution in [3.05, 3.63) is 29.8 Å². The molecule has 1 aliphatic heterocycles. The molecule has 2 aromatic rings. The first-order valence-electron chi connectivity index (χ1n) is 8.80. The summed E-state index contributed by atoms with van der Waals surface area (Å²) in [5.41, 5.74) is 0.648. The fraction of sp³-hybridized carbons (Fsp3) is 0.444. The number of aromatic nitrogens is 2. The molecule has 1 saturated heterocycles. The maximum atomic E-state index is 12.3. The Hall–Kier alpha value is -2.68. The van der Waals surface area contributed by atoms with Crippen LogP contribution in [0.5, 0.6) is 0 Å². The number of hydrogen-bond donors (Lipinski definition) is 2. The molecule has 0 bridgehead atoms. The lowest BCUT2D eigenvalue weighted by Crippen LogP contribution is -2.38. The number of carbonyl (C=O) groups excluding carboxylic acids is 2. The summed E-state index contributed by atoms with van der Waals surface area (Å²) >= 11 is 1.34. The standard InChI is InChI=1S/C18H23N5O3S/c1-11-8-12(2)10-23(9-11)18-22-21-17(27-18)20-16(25)19-14-7-5-4-6-13(14)15(24)26-3/h4-7,11-12H,8-10H2,1-3H3,(H2,19,20,21,25)/t11-,12-/m0/s1. The van der Waals surface area contributed by atoms with Gasteiger partial charge in [-0.25, -0.2) is 9.59 Å². The Morgan fingerprint density at radius 3 is 2.56 bits per heavy atom. The molecule has 0 radical (unpaired) electrons. The molecule has 144 valence electrons. The highest BCUT2D eigenvalue weighted by Gasteiger charge is 2.24. The minimum absolute atomic E-state index is 0.282. The Labute approximate surface area is 161 Å². The monoisotopic (exact) mass is 389 g/mol. The number of anilines is 3. The summed E-state index contributed by atoms with van der Waals surface area (Å²) < 4.78 is 4.73. The van der Waals surface area contributed by atoms with Crippen molar-refractivity contribution in [2.24, 2.45) is 11.8 Å². The van der Waals surface area contributed by atoms with Gasteiger partial charge in [-0.15, -0.1) is 10.2 Å². The largest absolute Gasteiger partial charge is 0.465 e. The van der Waals surface area contributed by atoms with Crippen molar-refractivity contribution in [2.45, 2.75) is 20.3 Å². The Kier molecular flexibility index (Phi) is 5.90. The van der Waals surface area contributed by atoms with Crippen LogP contribution in [0.4, 0.5) is 20.7 Å². The van der Waals surface area contributed by atoms with E-state index < -0.39 is 12.0 Å². The third kappa shape index (κ3) is 4.73. The number of piperidine rings is 1. The normalized spacial score (nSPS) is 19.4. The van der Waals surface area contributed by atoms with Crippen LogP contribution in [0, 0.1) is 11.8 Å². The molecule has 2 amide bonds. The summed E-state index contributed by atoms with van der Waals surface area (Å²) in [4.78, 5) is 26.3. The highest BCUT2D eigenvalue weighted by atomic mass is 32.1. The molecule has 0 aliphatic carbocycles. The van der Waals surface area contributed by atoms with Crippen LogP contribution in [-0.4, -0.2) is 42.4 Å². The summed E-state index contributed by atoms with van der Waals surface area (Å²) in [6, 6.07) is 6.16. The van der Waals surface area contributed by atoms with Crippen molar-refractivity contribution in [3.8, 4) is 0 Å². The third-order valence-corrected chi connectivity index (χ3v) is 5.25. The number of esters is 1. The average Bonchev–Trinajstić information content (AvgIpc) is 3.09. The predicted octanol–water partition coefficient (Wildman–Crippen LogP) is 3.45. The smallest absolute Gasteiger partial charge is 0.339 e. The number of urea groups is 1. The number of ether oxygens (including phenoxy) is 1. The topological polar surface area (TPSA) is 96.4 Å². The fourth-order valence-electron chi connectivity index (χ4n) is 3.34. The van der Waals surface area contributed by atoms with Crippen LogP contribution in [0.15, 0.2) is 24.3 Å². The number of methoxy groups -OCH3 is 1. The number of hydrogen-bond acceptors (Lipinski definition) is 7. The van der Waals surface area contributed by atoms with Crippen molar-refractivity contribution < 1.29 is 14.3 Å². The van der Waals surface area contributed by atoms with E-state index in [1.54, 1.807) is 24.3 Å². The van der Waals surface area contributed by atoms with Gasteiger partial charge in [0.2, 0.25) is 10.3 Å². The molecular formula is C18H23N5O3S. The minimum Gasteiger partial charge on any atom is -0.465 e. The number of rotatable bonds is 4. The second kappa shape index (κ2) is 8.34. The maximum absolute atomic E-state index is 12.3. The van der Waals surface area contributed by atoms with E-state index >= 15 is 0 Å². The van der Waals surface area contributed by atoms with E-state index in [0.29, 0.717) is 22.7 Å². The van der Waals surface area contributed by atoms with Crippen LogP contribution >= 0.6 is 11.3 Å². The Morgan fingerprint density at radius 2 is 1.85 bits per heavy atom. The molecule has 27 heavy (non-hydrogen) atoms. The first-order chi connectivity index (χ1) is 13.0. The maximum Gasteiger partial charge on any atom is 0.339 e. The lowest BCUT2D eigenvalue weighted by atomic mass is 9.92. The number of benzene rings is 1. The van der Waals surface area contributed by atoms with Crippen LogP contribution in [0.25, 0.3) is 0 Å². The van der Waals surface area contributed by atoms with Gasteiger partial charge in [0.25, 0.3) is 0 Å². The van der Waals surface area contributed by atoms with Gasteiger partial charge in [0.05, 0.1) is 18.4 Å². The predicted molar refractivity (Wildman–Crippen MR) is 105 cm³/mol. The van der Waals surface area contributed by atoms with Crippen molar-refractivity contribution in [2.75, 3.05) is 35.7 Å². The van der Waals surface area contributed by atoms with Gasteiger partial charge >= 0.3 is 12.0 Å². The average molecular weight is 389 g/mol. The van der Waals surface area contributed by atoms with Crippen LogP contribution in [0.2, 0.25) is 0 Å². The van der Waals surface area contributed by atoms with Crippen molar-refractivity contribution >= 4 is 39.3 Å². The van der Waals surface area contributed by atoms with Gasteiger partial charge < -0.3 is 15.0 Å². The van der Waals surface area contributed by atoms with E-state index in [-0.39, 0.29) is 5.56 Å². The van der Waals surface area contributed by atoms with Crippen molar-refractivity contribution in [1.82, 2.24) is 10.2 Å². The van der Waals surface area contributed by atoms with Gasteiger partial charge in [-0.1, -0.05) is 37.3 Å². The van der Waals surface area contributed by atoms with Gasteiger partial charge in [-0.3, -0.25) is 5.32 Å². The number of nitrogens with zero attached hydrogens (tertiary/aromatic N) is 3. The first-order valence-corrected chi connectivity index (χ1v) is 9.61. The van der Waals surface area contributed by atoms with E-state index in [9.17, 15) is 9.59 Å². The summed E-state index contributed by atoms with van der Waals surface area (Å²) in [6.07, 6.45) is 1.21. The summed E-state index contributed by atoms with van der Waals surface area (Å²) in [7, 11) is 1.30. The van der Waals surface area contributed by atoms with Crippen LogP contribution < -0.4 is 15.5 Å². The van der Waals surface area contributed by atoms with Crippen LogP contribution in [-0.2, 0) is 4.74 Å². The molecule has 2 N–H and O–H groups in total. The highest BCUT2D eigenvalue weighted by molar-refractivity contribution is 7.19. The molecule has 3 rings (SSSR count). The van der Waals surface area contributed by atoms with Gasteiger partial charge in [0.15, 0.2) is 0 Å². The van der Waals surface area contributed by atoms with E-state index in [4.69, 9.17) is 4.74 Å². The zero-order chi connectivity index (χ0) is 19.4. The lowest BCUT2D eigenvalue weighted by molar-refractivity contribution is 0.0602. The molecule has 2 heterocycles. The Bertz CT molecular complexity index is 815. The van der Waals surface area contributed by atoms with E-state index in [0.717, 1.165) is 18.2 Å². The molecule has 2 atom stereocenters. The van der Waals surface area contributed by atoms with Gasteiger partial charge in [-0.05, 0) is 30.4 Å². The summed E-state index contributed by atoms with van der Waals surface area (Å²) in [6.45, 7) is 6.35. The molecule has 8 nitrogen and oxygen atoms in total. The minimum atomic E-state index is -0.516. The number of para-hydroxylation sites is 1. The Balaban J connectivity index is 1.64. The van der Waals surface area contributed by atoms with E-state index in [1.165, 1.54) is 24.9 Å². The molecular weight excluding hydrogens is 366 g/mol. The first kappa shape index (κ1) is 19.1. The number of nitrogens with one attached hydrogen (secondary N) is 2. The second-order valence-corrected chi connectivity index (χ2v) is 7.81. The zero-order valence-corrected chi connectivity index (χ0v) is 16.4. The van der Waals surface area contributed by atoms with Crippen molar-refractivity contribution in [1.29, 1.82) is 0 Å². The molecule has 0 spiro atoms. The molecule has 1 fully saturated rings. The van der Waals surface area contributed by atoms with Gasteiger partial charge in [0.1, 0.15) is 0 Å². The van der Waals surface area contributed by atoms with E-state index in [2.05, 4.69) is 39.6 Å². The van der Waals surface area contributed by atoms with Crippen LogP contribution in [0.3, 0.4) is 0 Å². The molecule has 1 aromatic carbocycles. The zero-order valence-electron chi connectivity index (χ0n) is 15.6. The summed E-state index contributed by atoms with van der Waals surface area (Å²) in [5.74, 6) is 0.691. The highest BCUT2D eigenvalue weighted by Crippen LogP contribution is 2.30. The van der Waals surface area contributed by atoms with Gasteiger partial charge in [-0.2, -0.15) is 0 Å². The third-order valence-electron chi connectivity index (χ3n) is 4.35. The Morgan fingerprint density at radius 1 is 1.15 bits per heavy atom. The lowest BCUT2D eigenvalue weighted by Gasteiger charge is -2.34. The second-order valence-electron chi connectivity index (χ2n) is 6.86. The fourth-order valence-corrected chi connectivity index (χ4v) is 4.10. The molecule has 0 unspecified atom stereocenters. The quantitative estimate of drug-likeness (QED) is 0.778. The molecule has 1 aliphatic rings. The van der Waals surface area contributed by atoms with E-state index in [1.807, 2.05) is 0 Å². The van der Waals surface area contributed by atoms with Gasteiger partial charge in [0, 0.05) is 13.1 Å². The summed E-state index contributed by atoms with van der Waals surface area (Å²) in [5, 5.41) is 14.8.